The number of hydrogen-bond donors (Lipinski definition) is 1. The van der Waals surface area contributed by atoms with E-state index >= 15 is 0 Å². The highest BCUT2D eigenvalue weighted by Crippen LogP contribution is 2.22. The van der Waals surface area contributed by atoms with Gasteiger partial charge in [0, 0.05) is 30.7 Å². The van der Waals surface area contributed by atoms with Crippen LogP contribution in [-0.4, -0.2) is 41.7 Å². The van der Waals surface area contributed by atoms with Crippen LogP contribution in [0.3, 0.4) is 0 Å². The minimum atomic E-state index is -0.182. The number of ether oxygens (including phenoxy) is 1. The highest BCUT2D eigenvalue weighted by molar-refractivity contribution is 7.09. The number of thiazole rings is 1. The number of aromatic nitrogens is 1. The Morgan fingerprint density at radius 3 is 2.85 bits per heavy atom. The van der Waals surface area contributed by atoms with E-state index in [0.29, 0.717) is 18.7 Å². The van der Waals surface area contributed by atoms with E-state index in [4.69, 9.17) is 4.74 Å². The molecular weight excluding hydrogens is 274 g/mol. The molecule has 1 N–H and O–H groups in total. The third-order valence-corrected chi connectivity index (χ3v) is 4.50. The maximum Gasteiger partial charge on any atom is 0.409 e. The number of carbonyl (C=O) groups excluding carboxylic acids is 1. The summed E-state index contributed by atoms with van der Waals surface area (Å²) in [6, 6.07) is 0.781. The molecule has 6 heteroatoms. The summed E-state index contributed by atoms with van der Waals surface area (Å²) >= 11 is 1.70. The first kappa shape index (κ1) is 15.3. The largest absolute Gasteiger partial charge is 0.450 e. The molecule has 2 heterocycles. The highest BCUT2D eigenvalue weighted by Gasteiger charge is 2.25. The lowest BCUT2D eigenvalue weighted by atomic mass is 10.0. The number of amides is 1. The van der Waals surface area contributed by atoms with Gasteiger partial charge in [-0.25, -0.2) is 9.78 Å². The summed E-state index contributed by atoms with van der Waals surface area (Å²) in [6.07, 6.45) is 4.65. The quantitative estimate of drug-likeness (QED) is 0.908. The molecule has 0 saturated carbocycles. The molecule has 112 valence electrons. The Kier molecular flexibility index (Phi) is 5.79. The van der Waals surface area contributed by atoms with Gasteiger partial charge in [-0.05, 0) is 26.2 Å². The molecule has 1 aliphatic rings. The van der Waals surface area contributed by atoms with Crippen LogP contribution < -0.4 is 5.32 Å². The molecule has 0 aromatic carbocycles. The molecule has 20 heavy (non-hydrogen) atoms. The molecule has 1 fully saturated rings. The van der Waals surface area contributed by atoms with Gasteiger partial charge in [0.25, 0.3) is 0 Å². The summed E-state index contributed by atoms with van der Waals surface area (Å²) in [7, 11) is 0. The number of nitrogens with one attached hydrogen (secondary N) is 1. The second kappa shape index (κ2) is 7.59. The van der Waals surface area contributed by atoms with Crippen molar-refractivity contribution in [3.05, 3.63) is 16.6 Å². The molecule has 1 amide bonds. The SMILES string of the molecule is CCOC(=O)N1CCC(NC(CC)c2nccs2)CC1. The van der Waals surface area contributed by atoms with Crippen molar-refractivity contribution in [2.24, 2.45) is 0 Å². The Morgan fingerprint density at radius 1 is 1.55 bits per heavy atom. The summed E-state index contributed by atoms with van der Waals surface area (Å²) in [5.74, 6) is 0. The molecule has 0 aliphatic carbocycles. The van der Waals surface area contributed by atoms with Crippen molar-refractivity contribution in [3.63, 3.8) is 0 Å². The summed E-state index contributed by atoms with van der Waals surface area (Å²) in [5, 5.41) is 6.84. The van der Waals surface area contributed by atoms with Gasteiger partial charge in [-0.1, -0.05) is 6.92 Å². The predicted octanol–water partition coefficient (Wildman–Crippen LogP) is 2.80. The van der Waals surface area contributed by atoms with E-state index < -0.39 is 0 Å². The van der Waals surface area contributed by atoms with Crippen molar-refractivity contribution >= 4 is 17.4 Å². The predicted molar refractivity (Wildman–Crippen MR) is 79.9 cm³/mol. The van der Waals surface area contributed by atoms with E-state index in [0.717, 1.165) is 37.4 Å². The van der Waals surface area contributed by atoms with Crippen LogP contribution in [0.25, 0.3) is 0 Å². The minimum absolute atomic E-state index is 0.182. The molecule has 1 atom stereocenters. The molecule has 1 aliphatic heterocycles. The highest BCUT2D eigenvalue weighted by atomic mass is 32.1. The van der Waals surface area contributed by atoms with E-state index in [9.17, 15) is 4.79 Å². The fourth-order valence-electron chi connectivity index (χ4n) is 2.50. The first-order valence-corrected chi connectivity index (χ1v) is 8.19. The summed E-state index contributed by atoms with van der Waals surface area (Å²) in [4.78, 5) is 17.8. The lowest BCUT2D eigenvalue weighted by Gasteiger charge is -2.33. The molecule has 1 unspecified atom stereocenters. The van der Waals surface area contributed by atoms with E-state index in [1.807, 2.05) is 18.5 Å². The van der Waals surface area contributed by atoms with Gasteiger partial charge < -0.3 is 15.0 Å². The van der Waals surface area contributed by atoms with Gasteiger partial charge in [-0.3, -0.25) is 0 Å². The summed E-state index contributed by atoms with van der Waals surface area (Å²) in [6.45, 7) is 5.99. The standard InChI is InChI=1S/C14H23N3O2S/c1-3-12(13-15-7-10-20-13)16-11-5-8-17(9-6-11)14(18)19-4-2/h7,10-12,16H,3-6,8-9H2,1-2H3. The first-order valence-electron chi connectivity index (χ1n) is 7.31. The Labute approximate surface area is 124 Å². The molecule has 1 saturated heterocycles. The van der Waals surface area contributed by atoms with Gasteiger partial charge in [0.1, 0.15) is 5.01 Å². The molecule has 0 spiro atoms. The number of hydrogen-bond acceptors (Lipinski definition) is 5. The molecule has 0 bridgehead atoms. The van der Waals surface area contributed by atoms with Gasteiger partial charge in [0.15, 0.2) is 0 Å². The van der Waals surface area contributed by atoms with Crippen LogP contribution in [0.4, 0.5) is 4.79 Å². The van der Waals surface area contributed by atoms with Gasteiger partial charge in [-0.2, -0.15) is 0 Å². The van der Waals surface area contributed by atoms with Crippen molar-refractivity contribution in [3.8, 4) is 0 Å². The van der Waals surface area contributed by atoms with Crippen molar-refractivity contribution in [1.82, 2.24) is 15.2 Å². The monoisotopic (exact) mass is 297 g/mol. The van der Waals surface area contributed by atoms with E-state index in [1.54, 1.807) is 16.2 Å². The maximum absolute atomic E-state index is 11.6. The third-order valence-electron chi connectivity index (χ3n) is 3.62. The molecule has 0 radical (unpaired) electrons. The fraction of sp³-hybridized carbons (Fsp3) is 0.714. The number of nitrogens with zero attached hydrogens (tertiary/aromatic N) is 2. The van der Waals surface area contributed by atoms with Crippen molar-refractivity contribution in [1.29, 1.82) is 0 Å². The molecule has 1 aromatic rings. The van der Waals surface area contributed by atoms with Gasteiger partial charge >= 0.3 is 6.09 Å². The Balaban J connectivity index is 1.80. The second-order valence-electron chi connectivity index (χ2n) is 4.96. The van der Waals surface area contributed by atoms with Crippen LogP contribution in [0.2, 0.25) is 0 Å². The Morgan fingerprint density at radius 2 is 2.30 bits per heavy atom. The van der Waals surface area contributed by atoms with Crippen molar-refractivity contribution in [2.45, 2.75) is 45.2 Å². The normalized spacial score (nSPS) is 18.0. The van der Waals surface area contributed by atoms with Crippen LogP contribution >= 0.6 is 11.3 Å². The fourth-order valence-corrected chi connectivity index (χ4v) is 3.28. The van der Waals surface area contributed by atoms with Crippen LogP contribution in [0.5, 0.6) is 0 Å². The van der Waals surface area contributed by atoms with Gasteiger partial charge in [0.2, 0.25) is 0 Å². The zero-order valence-corrected chi connectivity index (χ0v) is 13.0. The summed E-state index contributed by atoms with van der Waals surface area (Å²) in [5.41, 5.74) is 0. The Bertz CT molecular complexity index is 403. The number of piperidine rings is 1. The van der Waals surface area contributed by atoms with E-state index in [2.05, 4.69) is 17.2 Å². The molecule has 1 aromatic heterocycles. The van der Waals surface area contributed by atoms with E-state index in [1.165, 1.54) is 0 Å². The zero-order chi connectivity index (χ0) is 14.4. The van der Waals surface area contributed by atoms with Crippen LogP contribution in [-0.2, 0) is 4.74 Å². The summed E-state index contributed by atoms with van der Waals surface area (Å²) < 4.78 is 5.04. The van der Waals surface area contributed by atoms with Crippen molar-refractivity contribution in [2.75, 3.05) is 19.7 Å². The first-order chi connectivity index (χ1) is 9.74. The average Bonchev–Trinajstić information content (AvgIpc) is 2.99. The number of likely N-dealkylation sites (tertiary alicyclic amines) is 1. The zero-order valence-electron chi connectivity index (χ0n) is 12.2. The minimum Gasteiger partial charge on any atom is -0.450 e. The van der Waals surface area contributed by atoms with Gasteiger partial charge in [0.05, 0.1) is 12.6 Å². The number of carbonyl (C=O) groups is 1. The smallest absolute Gasteiger partial charge is 0.409 e. The average molecular weight is 297 g/mol. The molecule has 2 rings (SSSR count). The molecular formula is C14H23N3O2S. The second-order valence-corrected chi connectivity index (χ2v) is 5.88. The van der Waals surface area contributed by atoms with Crippen LogP contribution in [0.1, 0.15) is 44.2 Å². The molecule has 5 nitrogen and oxygen atoms in total. The lowest BCUT2D eigenvalue weighted by molar-refractivity contribution is 0.0941. The third kappa shape index (κ3) is 3.93. The van der Waals surface area contributed by atoms with Gasteiger partial charge in [-0.15, -0.1) is 11.3 Å². The number of rotatable bonds is 5. The lowest BCUT2D eigenvalue weighted by Crippen LogP contribution is -2.45. The van der Waals surface area contributed by atoms with Crippen LogP contribution in [0, 0.1) is 0 Å². The maximum atomic E-state index is 11.6. The van der Waals surface area contributed by atoms with Crippen molar-refractivity contribution < 1.29 is 9.53 Å². The van der Waals surface area contributed by atoms with Crippen LogP contribution in [0.15, 0.2) is 11.6 Å². The van der Waals surface area contributed by atoms with E-state index in [-0.39, 0.29) is 6.09 Å². The topological polar surface area (TPSA) is 54.5 Å². The Hall–Kier alpha value is -1.14.